The van der Waals surface area contributed by atoms with Crippen molar-refractivity contribution in [1.29, 1.82) is 0 Å². The average Bonchev–Trinajstić information content (AvgIpc) is 3.04. The van der Waals surface area contributed by atoms with Crippen LogP contribution in [0.2, 0.25) is 0 Å². The number of ether oxygens (including phenoxy) is 2. The molecule has 0 saturated carbocycles. The number of hydrogen-bond donors (Lipinski definition) is 1. The Morgan fingerprint density at radius 1 is 0.333 bits per heavy atom. The Morgan fingerprint density at radius 3 is 0.756 bits per heavy atom. The summed E-state index contributed by atoms with van der Waals surface area (Å²) in [4.78, 5) is 23.7. The average molecular weight is 638 g/mol. The molecule has 0 aromatic heterocycles. The van der Waals surface area contributed by atoms with Crippen LogP contribution in [0.5, 0.6) is 0 Å². The van der Waals surface area contributed by atoms with E-state index in [0.29, 0.717) is 13.2 Å². The number of rotatable bonds is 38. The van der Waals surface area contributed by atoms with Crippen molar-refractivity contribution in [1.82, 2.24) is 5.32 Å². The van der Waals surface area contributed by atoms with Crippen LogP contribution < -0.4 is 5.32 Å². The molecule has 0 aliphatic rings. The Bertz CT molecular complexity index is 547. The van der Waals surface area contributed by atoms with Crippen molar-refractivity contribution in [2.45, 2.75) is 219 Å². The predicted octanol–water partition coefficient (Wildman–Crippen LogP) is 12.2. The molecule has 0 aliphatic heterocycles. The van der Waals surface area contributed by atoms with Crippen LogP contribution in [-0.2, 0) is 19.1 Å². The van der Waals surface area contributed by atoms with Crippen LogP contribution in [0.25, 0.3) is 0 Å². The van der Waals surface area contributed by atoms with E-state index in [9.17, 15) is 9.59 Å². The topological polar surface area (TPSA) is 64.6 Å². The van der Waals surface area contributed by atoms with Crippen molar-refractivity contribution < 1.29 is 19.1 Å². The first-order valence-electron chi connectivity index (χ1n) is 20.2. The third kappa shape index (κ3) is 39.0. The molecule has 0 aromatic carbocycles. The van der Waals surface area contributed by atoms with E-state index in [-0.39, 0.29) is 25.0 Å². The van der Waals surface area contributed by atoms with E-state index in [1.807, 2.05) is 0 Å². The quantitative estimate of drug-likeness (QED) is 0.0539. The minimum absolute atomic E-state index is 0.0625. The Balaban J connectivity index is 3.25. The van der Waals surface area contributed by atoms with Crippen LogP contribution in [0, 0.1) is 0 Å². The summed E-state index contributed by atoms with van der Waals surface area (Å²) < 4.78 is 10.6. The molecule has 0 radical (unpaired) electrons. The van der Waals surface area contributed by atoms with Crippen LogP contribution in [0.15, 0.2) is 0 Å². The summed E-state index contributed by atoms with van der Waals surface area (Å²) in [5, 5.41) is 2.85. The van der Waals surface area contributed by atoms with E-state index in [1.54, 1.807) is 0 Å². The molecular weight excluding hydrogens is 558 g/mol. The molecule has 1 N–H and O–H groups in total. The summed E-state index contributed by atoms with van der Waals surface area (Å²) in [6, 6.07) is 0. The largest absolute Gasteiger partial charge is 0.465 e. The monoisotopic (exact) mass is 638 g/mol. The van der Waals surface area contributed by atoms with Gasteiger partial charge in [-0.15, -0.1) is 0 Å². The minimum Gasteiger partial charge on any atom is -0.465 e. The van der Waals surface area contributed by atoms with Crippen molar-refractivity contribution in [2.24, 2.45) is 0 Å². The van der Waals surface area contributed by atoms with Crippen molar-refractivity contribution in [2.75, 3.05) is 26.3 Å². The molecule has 268 valence electrons. The molecule has 5 heteroatoms. The second-order valence-corrected chi connectivity index (χ2v) is 13.7. The Hall–Kier alpha value is -1.10. The summed E-state index contributed by atoms with van der Waals surface area (Å²) in [5.41, 5.74) is 0. The number of nitrogens with one attached hydrogen (secondary N) is 1. The van der Waals surface area contributed by atoms with Crippen LogP contribution in [0.1, 0.15) is 219 Å². The van der Waals surface area contributed by atoms with Gasteiger partial charge >= 0.3 is 11.9 Å². The maximum Gasteiger partial charge on any atom is 0.319 e. The van der Waals surface area contributed by atoms with Crippen molar-refractivity contribution >= 4 is 11.9 Å². The van der Waals surface area contributed by atoms with Gasteiger partial charge in [-0.1, -0.05) is 206 Å². The molecule has 0 amide bonds. The summed E-state index contributed by atoms with van der Waals surface area (Å²) >= 11 is 0. The molecule has 0 spiro atoms. The van der Waals surface area contributed by atoms with Crippen molar-refractivity contribution in [3.63, 3.8) is 0 Å². The molecule has 0 heterocycles. The van der Waals surface area contributed by atoms with Gasteiger partial charge in [-0.25, -0.2) is 0 Å². The van der Waals surface area contributed by atoms with Gasteiger partial charge in [0.25, 0.3) is 0 Å². The lowest BCUT2D eigenvalue weighted by Crippen LogP contribution is -2.31. The van der Waals surface area contributed by atoms with Crippen LogP contribution in [0.4, 0.5) is 0 Å². The highest BCUT2D eigenvalue weighted by Crippen LogP contribution is 2.15. The Morgan fingerprint density at radius 2 is 0.533 bits per heavy atom. The number of unbranched alkanes of at least 4 members (excludes halogenated alkanes) is 30. The molecule has 45 heavy (non-hydrogen) atoms. The molecule has 0 aliphatic carbocycles. The zero-order valence-electron chi connectivity index (χ0n) is 30.6. The van der Waals surface area contributed by atoms with Gasteiger partial charge in [0, 0.05) is 0 Å². The van der Waals surface area contributed by atoms with E-state index in [0.717, 1.165) is 25.7 Å². The second-order valence-electron chi connectivity index (χ2n) is 13.7. The highest BCUT2D eigenvalue weighted by atomic mass is 16.5. The first-order valence-corrected chi connectivity index (χ1v) is 20.2. The van der Waals surface area contributed by atoms with Gasteiger partial charge in [0.1, 0.15) is 0 Å². The standard InChI is InChI=1S/C40H79NO4/c1-3-5-7-9-11-13-15-17-19-21-23-25-27-29-31-33-35-44-39(42)37-41-38-40(43)45-36-34-32-30-28-26-24-22-20-18-16-14-12-10-8-6-4-2/h41H,3-38H2,1-2H3. The van der Waals surface area contributed by atoms with Crippen LogP contribution >= 0.6 is 0 Å². The first kappa shape index (κ1) is 43.9. The van der Waals surface area contributed by atoms with E-state index < -0.39 is 0 Å². The smallest absolute Gasteiger partial charge is 0.319 e. The van der Waals surface area contributed by atoms with E-state index >= 15 is 0 Å². The number of esters is 2. The van der Waals surface area contributed by atoms with Gasteiger partial charge in [-0.05, 0) is 12.8 Å². The molecule has 0 fully saturated rings. The predicted molar refractivity (Wildman–Crippen MR) is 194 cm³/mol. The minimum atomic E-state index is -0.290. The molecule has 0 rings (SSSR count). The molecular formula is C40H79NO4. The molecule has 0 aromatic rings. The lowest BCUT2D eigenvalue weighted by Gasteiger charge is -2.07. The molecule has 0 saturated heterocycles. The number of hydrogen-bond acceptors (Lipinski definition) is 5. The molecule has 0 unspecified atom stereocenters. The summed E-state index contributed by atoms with van der Waals surface area (Å²) in [6.45, 7) is 5.63. The Labute approximate surface area is 281 Å². The fourth-order valence-electron chi connectivity index (χ4n) is 6.04. The van der Waals surface area contributed by atoms with Crippen LogP contribution in [0.3, 0.4) is 0 Å². The molecule has 0 bridgehead atoms. The van der Waals surface area contributed by atoms with Gasteiger partial charge in [-0.3, -0.25) is 14.9 Å². The fourth-order valence-corrected chi connectivity index (χ4v) is 6.04. The SMILES string of the molecule is CCCCCCCCCCCCCCCCCCOC(=O)CNCC(=O)OCCCCCCCCCCCCCCCCCC. The summed E-state index contributed by atoms with van der Waals surface area (Å²) in [7, 11) is 0. The van der Waals surface area contributed by atoms with Gasteiger partial charge in [0.15, 0.2) is 0 Å². The summed E-state index contributed by atoms with van der Waals surface area (Å²) in [6.07, 6.45) is 42.6. The maximum atomic E-state index is 11.9. The Kier molecular flexibility index (Phi) is 38.1. The van der Waals surface area contributed by atoms with Crippen LogP contribution in [-0.4, -0.2) is 38.2 Å². The van der Waals surface area contributed by atoms with E-state index in [4.69, 9.17) is 9.47 Å². The fraction of sp³-hybridized carbons (Fsp3) is 0.950. The second kappa shape index (κ2) is 39.1. The van der Waals surface area contributed by atoms with E-state index in [2.05, 4.69) is 19.2 Å². The lowest BCUT2D eigenvalue weighted by molar-refractivity contribution is -0.144. The van der Waals surface area contributed by atoms with Crippen molar-refractivity contribution in [3.8, 4) is 0 Å². The zero-order valence-corrected chi connectivity index (χ0v) is 30.6. The number of carbonyl (C=O) groups excluding carboxylic acids is 2. The van der Waals surface area contributed by atoms with Gasteiger partial charge in [-0.2, -0.15) is 0 Å². The normalized spacial score (nSPS) is 11.2. The number of carbonyl (C=O) groups is 2. The first-order chi connectivity index (χ1) is 22.2. The molecule has 0 atom stereocenters. The zero-order chi connectivity index (χ0) is 32.7. The van der Waals surface area contributed by atoms with Crippen molar-refractivity contribution in [3.05, 3.63) is 0 Å². The van der Waals surface area contributed by atoms with Gasteiger partial charge in [0.2, 0.25) is 0 Å². The lowest BCUT2D eigenvalue weighted by atomic mass is 10.0. The third-order valence-electron chi connectivity index (χ3n) is 9.06. The van der Waals surface area contributed by atoms with E-state index in [1.165, 1.54) is 180 Å². The van der Waals surface area contributed by atoms with Gasteiger partial charge < -0.3 is 9.47 Å². The summed E-state index contributed by atoms with van der Waals surface area (Å²) in [5.74, 6) is -0.580. The highest BCUT2D eigenvalue weighted by Gasteiger charge is 2.06. The van der Waals surface area contributed by atoms with Gasteiger partial charge in [0.05, 0.1) is 26.3 Å². The third-order valence-corrected chi connectivity index (χ3v) is 9.06. The molecule has 5 nitrogen and oxygen atoms in total. The highest BCUT2D eigenvalue weighted by molar-refractivity contribution is 5.74. The maximum absolute atomic E-state index is 11.9.